The van der Waals surface area contributed by atoms with Crippen molar-refractivity contribution in [3.8, 4) is 0 Å². The highest BCUT2D eigenvalue weighted by molar-refractivity contribution is 5.54. The molecule has 2 unspecified atom stereocenters. The molecule has 0 fully saturated rings. The first kappa shape index (κ1) is 13.0. The Morgan fingerprint density at radius 3 is 2.50 bits per heavy atom. The number of hydrogen-bond donors (Lipinski definition) is 1. The lowest BCUT2D eigenvalue weighted by Crippen LogP contribution is -2.29. The van der Waals surface area contributed by atoms with Crippen molar-refractivity contribution in [3.63, 3.8) is 0 Å². The van der Waals surface area contributed by atoms with Crippen LogP contribution in [0.1, 0.15) is 38.9 Å². The molecule has 0 heterocycles. The summed E-state index contributed by atoms with van der Waals surface area (Å²) in [6, 6.07) is 4.92. The van der Waals surface area contributed by atoms with Crippen LogP contribution >= 0.6 is 0 Å². The molecule has 2 atom stereocenters. The SMILES string of the molecule is CCC(C)N(C)c1ccc(F)cc1C(C)O. The Morgan fingerprint density at radius 2 is 2.00 bits per heavy atom. The van der Waals surface area contributed by atoms with E-state index in [0.29, 0.717) is 11.6 Å². The van der Waals surface area contributed by atoms with Gasteiger partial charge in [0.05, 0.1) is 6.10 Å². The van der Waals surface area contributed by atoms with E-state index in [-0.39, 0.29) is 5.82 Å². The van der Waals surface area contributed by atoms with Gasteiger partial charge in [0.2, 0.25) is 0 Å². The van der Waals surface area contributed by atoms with Gasteiger partial charge in [-0.1, -0.05) is 6.92 Å². The van der Waals surface area contributed by atoms with Crippen molar-refractivity contribution in [1.29, 1.82) is 0 Å². The molecule has 0 saturated carbocycles. The molecule has 3 heteroatoms. The monoisotopic (exact) mass is 225 g/mol. The number of halogens is 1. The third-order valence-corrected chi connectivity index (χ3v) is 3.07. The minimum absolute atomic E-state index is 0.308. The summed E-state index contributed by atoms with van der Waals surface area (Å²) in [6.07, 6.45) is 0.352. The number of aliphatic hydroxyl groups is 1. The van der Waals surface area contributed by atoms with Crippen LogP contribution in [0.2, 0.25) is 0 Å². The van der Waals surface area contributed by atoms with E-state index < -0.39 is 6.10 Å². The summed E-state index contributed by atoms with van der Waals surface area (Å²) in [5, 5.41) is 9.64. The highest BCUT2D eigenvalue weighted by atomic mass is 19.1. The smallest absolute Gasteiger partial charge is 0.123 e. The van der Waals surface area contributed by atoms with Gasteiger partial charge in [-0.15, -0.1) is 0 Å². The third kappa shape index (κ3) is 2.73. The number of hydrogen-bond acceptors (Lipinski definition) is 2. The molecule has 16 heavy (non-hydrogen) atoms. The zero-order valence-electron chi connectivity index (χ0n) is 10.4. The zero-order valence-corrected chi connectivity index (χ0v) is 10.4. The molecule has 0 aliphatic carbocycles. The van der Waals surface area contributed by atoms with Crippen molar-refractivity contribution in [1.82, 2.24) is 0 Å². The Morgan fingerprint density at radius 1 is 1.38 bits per heavy atom. The fourth-order valence-corrected chi connectivity index (χ4v) is 1.69. The van der Waals surface area contributed by atoms with E-state index in [9.17, 15) is 9.50 Å². The average Bonchev–Trinajstić information content (AvgIpc) is 2.26. The number of aliphatic hydroxyl groups excluding tert-OH is 1. The number of anilines is 1. The summed E-state index contributed by atoms with van der Waals surface area (Å²) in [4.78, 5) is 2.07. The summed E-state index contributed by atoms with van der Waals surface area (Å²) in [5.74, 6) is -0.308. The van der Waals surface area contributed by atoms with E-state index in [2.05, 4.69) is 18.7 Å². The van der Waals surface area contributed by atoms with Gasteiger partial charge in [-0.3, -0.25) is 0 Å². The summed E-state index contributed by atoms with van der Waals surface area (Å²) in [6.45, 7) is 5.87. The molecule has 1 N–H and O–H groups in total. The van der Waals surface area contributed by atoms with Gasteiger partial charge in [-0.05, 0) is 38.5 Å². The van der Waals surface area contributed by atoms with Crippen LogP contribution in [0.5, 0.6) is 0 Å². The largest absolute Gasteiger partial charge is 0.389 e. The second-order valence-electron chi connectivity index (χ2n) is 4.25. The molecule has 0 bridgehead atoms. The normalized spacial score (nSPS) is 14.6. The predicted molar refractivity (Wildman–Crippen MR) is 65.2 cm³/mol. The van der Waals surface area contributed by atoms with Crippen LogP contribution in [-0.2, 0) is 0 Å². The Labute approximate surface area is 96.7 Å². The Hall–Kier alpha value is -1.09. The molecule has 0 aromatic heterocycles. The van der Waals surface area contributed by atoms with Crippen LogP contribution < -0.4 is 4.90 Å². The molecule has 1 aromatic rings. The molecule has 2 nitrogen and oxygen atoms in total. The number of nitrogens with zero attached hydrogens (tertiary/aromatic N) is 1. The molecule has 90 valence electrons. The summed E-state index contributed by atoms with van der Waals surface area (Å²) < 4.78 is 13.1. The minimum Gasteiger partial charge on any atom is -0.389 e. The molecular formula is C13H20FNO. The predicted octanol–water partition coefficient (Wildman–Crippen LogP) is 3.11. The summed E-state index contributed by atoms with van der Waals surface area (Å²) >= 11 is 0. The van der Waals surface area contributed by atoms with Gasteiger partial charge >= 0.3 is 0 Å². The zero-order chi connectivity index (χ0) is 12.3. The highest BCUT2D eigenvalue weighted by Crippen LogP contribution is 2.28. The third-order valence-electron chi connectivity index (χ3n) is 3.07. The van der Waals surface area contributed by atoms with Crippen LogP contribution in [0.4, 0.5) is 10.1 Å². The Bertz CT molecular complexity index is 352. The van der Waals surface area contributed by atoms with Crippen LogP contribution in [0.25, 0.3) is 0 Å². The van der Waals surface area contributed by atoms with Crippen LogP contribution in [0.15, 0.2) is 18.2 Å². The van der Waals surface area contributed by atoms with Crippen LogP contribution in [0, 0.1) is 5.82 Å². The van der Waals surface area contributed by atoms with E-state index in [1.165, 1.54) is 12.1 Å². The van der Waals surface area contributed by atoms with Crippen molar-refractivity contribution in [2.45, 2.75) is 39.3 Å². The van der Waals surface area contributed by atoms with Crippen molar-refractivity contribution >= 4 is 5.69 Å². The van der Waals surface area contributed by atoms with Gasteiger partial charge < -0.3 is 10.0 Å². The second kappa shape index (κ2) is 5.30. The van der Waals surface area contributed by atoms with Gasteiger partial charge in [0.25, 0.3) is 0 Å². The second-order valence-corrected chi connectivity index (χ2v) is 4.25. The minimum atomic E-state index is -0.655. The lowest BCUT2D eigenvalue weighted by molar-refractivity contribution is 0.199. The van der Waals surface area contributed by atoms with Gasteiger partial charge in [0.1, 0.15) is 5.82 Å². The maximum Gasteiger partial charge on any atom is 0.123 e. The Balaban J connectivity index is 3.12. The average molecular weight is 225 g/mol. The molecule has 0 saturated heterocycles. The lowest BCUT2D eigenvalue weighted by Gasteiger charge is -2.29. The molecule has 0 radical (unpaired) electrons. The van der Waals surface area contributed by atoms with E-state index >= 15 is 0 Å². The summed E-state index contributed by atoms with van der Waals surface area (Å²) in [5.41, 5.74) is 1.54. The maximum atomic E-state index is 13.1. The van der Waals surface area contributed by atoms with Crippen molar-refractivity contribution in [2.24, 2.45) is 0 Å². The van der Waals surface area contributed by atoms with Gasteiger partial charge in [0.15, 0.2) is 0 Å². The topological polar surface area (TPSA) is 23.5 Å². The van der Waals surface area contributed by atoms with Crippen molar-refractivity contribution < 1.29 is 9.50 Å². The first-order valence-corrected chi connectivity index (χ1v) is 5.67. The van der Waals surface area contributed by atoms with Crippen LogP contribution in [0.3, 0.4) is 0 Å². The van der Waals surface area contributed by atoms with Crippen molar-refractivity contribution in [3.05, 3.63) is 29.6 Å². The van der Waals surface area contributed by atoms with Gasteiger partial charge in [-0.25, -0.2) is 4.39 Å². The summed E-state index contributed by atoms with van der Waals surface area (Å²) in [7, 11) is 1.97. The molecule has 0 aliphatic heterocycles. The number of rotatable bonds is 4. The fourth-order valence-electron chi connectivity index (χ4n) is 1.69. The van der Waals surface area contributed by atoms with E-state index in [1.54, 1.807) is 13.0 Å². The maximum absolute atomic E-state index is 13.1. The molecule has 0 aliphatic rings. The lowest BCUT2D eigenvalue weighted by atomic mass is 10.1. The van der Waals surface area contributed by atoms with E-state index in [4.69, 9.17) is 0 Å². The molecule has 0 amide bonds. The first-order chi connectivity index (χ1) is 7.47. The van der Waals surface area contributed by atoms with E-state index in [1.807, 2.05) is 7.05 Å². The fraction of sp³-hybridized carbons (Fsp3) is 0.538. The molecule has 1 rings (SSSR count). The van der Waals surface area contributed by atoms with Gasteiger partial charge in [-0.2, -0.15) is 0 Å². The molecule has 1 aromatic carbocycles. The van der Waals surface area contributed by atoms with Crippen LogP contribution in [-0.4, -0.2) is 18.2 Å². The van der Waals surface area contributed by atoms with Gasteiger partial charge in [0, 0.05) is 24.3 Å². The molecular weight excluding hydrogens is 205 g/mol. The Kier molecular flexibility index (Phi) is 4.30. The van der Waals surface area contributed by atoms with E-state index in [0.717, 1.165) is 12.1 Å². The first-order valence-electron chi connectivity index (χ1n) is 5.67. The standard InChI is InChI=1S/C13H20FNO/c1-5-9(2)15(4)13-7-6-11(14)8-12(13)10(3)16/h6-10,16H,5H2,1-4H3. The highest BCUT2D eigenvalue weighted by Gasteiger charge is 2.15. The van der Waals surface area contributed by atoms with Crippen molar-refractivity contribution in [2.75, 3.05) is 11.9 Å². The molecule has 0 spiro atoms. The number of benzene rings is 1. The quantitative estimate of drug-likeness (QED) is 0.851.